The molecule has 2 aromatic rings. The lowest BCUT2D eigenvalue weighted by molar-refractivity contribution is -0.122. The molecule has 1 saturated heterocycles. The van der Waals surface area contributed by atoms with E-state index in [1.54, 1.807) is 30.3 Å². The van der Waals surface area contributed by atoms with E-state index in [1.807, 2.05) is 6.07 Å². The number of nitrogens with one attached hydrogen (secondary N) is 2. The van der Waals surface area contributed by atoms with Crippen LogP contribution in [0.25, 0.3) is 0 Å². The Bertz CT molecular complexity index is 897. The lowest BCUT2D eigenvalue weighted by atomic mass is 10.2. The van der Waals surface area contributed by atoms with Crippen LogP contribution in [0.5, 0.6) is 0 Å². The number of rotatable bonds is 4. The molecule has 1 fully saturated rings. The molecule has 25 heavy (non-hydrogen) atoms. The quantitative estimate of drug-likeness (QED) is 0.853. The second kappa shape index (κ2) is 7.04. The molecule has 0 aliphatic carbocycles. The second-order valence-electron chi connectivity index (χ2n) is 5.54. The van der Waals surface area contributed by atoms with Crippen molar-refractivity contribution in [2.45, 2.75) is 4.90 Å². The highest BCUT2D eigenvalue weighted by molar-refractivity contribution is 7.89. The molecule has 0 unspecified atom stereocenters. The van der Waals surface area contributed by atoms with E-state index in [0.717, 1.165) is 4.31 Å². The van der Waals surface area contributed by atoms with Crippen LogP contribution >= 0.6 is 0 Å². The van der Waals surface area contributed by atoms with Gasteiger partial charge in [0.25, 0.3) is 5.91 Å². The Morgan fingerprint density at radius 1 is 1.08 bits per heavy atom. The molecule has 0 radical (unpaired) electrons. The fourth-order valence-electron chi connectivity index (χ4n) is 2.49. The zero-order valence-electron chi connectivity index (χ0n) is 13.3. The van der Waals surface area contributed by atoms with Crippen LogP contribution in [0.2, 0.25) is 0 Å². The minimum Gasteiger partial charge on any atom is -0.354 e. The average molecular weight is 359 g/mol. The predicted molar refractivity (Wildman–Crippen MR) is 92.6 cm³/mol. The molecule has 1 aliphatic heterocycles. The molecule has 2 aromatic carbocycles. The summed E-state index contributed by atoms with van der Waals surface area (Å²) in [6.07, 6.45) is 0. The zero-order valence-corrected chi connectivity index (χ0v) is 14.1. The fourth-order valence-corrected chi connectivity index (χ4v) is 3.94. The van der Waals surface area contributed by atoms with Crippen LogP contribution < -0.4 is 10.6 Å². The molecule has 8 heteroatoms. The van der Waals surface area contributed by atoms with E-state index < -0.39 is 15.9 Å². The van der Waals surface area contributed by atoms with Gasteiger partial charge in [-0.1, -0.05) is 24.3 Å². The van der Waals surface area contributed by atoms with Crippen LogP contribution in [0.15, 0.2) is 59.5 Å². The van der Waals surface area contributed by atoms with Gasteiger partial charge in [0.1, 0.15) is 0 Å². The number of carbonyl (C=O) groups excluding carboxylic acids is 2. The monoisotopic (exact) mass is 359 g/mol. The van der Waals surface area contributed by atoms with Gasteiger partial charge < -0.3 is 10.6 Å². The van der Waals surface area contributed by atoms with Crippen LogP contribution in [0, 0.1) is 0 Å². The van der Waals surface area contributed by atoms with Gasteiger partial charge in [0.15, 0.2) is 0 Å². The molecule has 1 aliphatic rings. The van der Waals surface area contributed by atoms with Crippen LogP contribution in [0.1, 0.15) is 10.4 Å². The number of hydrogen-bond donors (Lipinski definition) is 2. The first-order valence-corrected chi connectivity index (χ1v) is 9.14. The summed E-state index contributed by atoms with van der Waals surface area (Å²) < 4.78 is 26.5. The summed E-state index contributed by atoms with van der Waals surface area (Å²) in [7, 11) is -3.83. The van der Waals surface area contributed by atoms with Crippen molar-refractivity contribution in [1.82, 2.24) is 9.62 Å². The van der Waals surface area contributed by atoms with E-state index in [2.05, 4.69) is 10.6 Å². The molecule has 0 saturated carbocycles. The van der Waals surface area contributed by atoms with Gasteiger partial charge in [-0.2, -0.15) is 4.31 Å². The largest absolute Gasteiger partial charge is 0.354 e. The minimum absolute atomic E-state index is 0.0112. The highest BCUT2D eigenvalue weighted by Crippen LogP contribution is 2.18. The number of carbonyl (C=O) groups is 2. The molecule has 2 amide bonds. The molecule has 2 N–H and O–H groups in total. The molecule has 0 bridgehead atoms. The van der Waals surface area contributed by atoms with E-state index in [-0.39, 0.29) is 36.0 Å². The van der Waals surface area contributed by atoms with Crippen molar-refractivity contribution in [1.29, 1.82) is 0 Å². The Balaban J connectivity index is 1.83. The summed E-state index contributed by atoms with van der Waals surface area (Å²) >= 11 is 0. The van der Waals surface area contributed by atoms with E-state index in [1.165, 1.54) is 18.2 Å². The van der Waals surface area contributed by atoms with E-state index in [0.29, 0.717) is 5.69 Å². The van der Waals surface area contributed by atoms with Crippen molar-refractivity contribution in [3.05, 3.63) is 60.2 Å². The van der Waals surface area contributed by atoms with Crippen molar-refractivity contribution in [3.63, 3.8) is 0 Å². The second-order valence-corrected chi connectivity index (χ2v) is 7.47. The van der Waals surface area contributed by atoms with Gasteiger partial charge in [-0.15, -0.1) is 0 Å². The number of amides is 2. The van der Waals surface area contributed by atoms with Gasteiger partial charge in [-0.3, -0.25) is 9.59 Å². The SMILES string of the molecule is O=C1CN(S(=O)(=O)c2cccc(C(=O)Nc3ccccc3)c2)CCN1. The molecule has 7 nitrogen and oxygen atoms in total. The third-order valence-corrected chi connectivity index (χ3v) is 5.61. The molecule has 1 heterocycles. The summed E-state index contributed by atoms with van der Waals surface area (Å²) in [5, 5.41) is 5.30. The molecular formula is C17H17N3O4S. The highest BCUT2D eigenvalue weighted by atomic mass is 32.2. The zero-order chi connectivity index (χ0) is 17.9. The van der Waals surface area contributed by atoms with E-state index >= 15 is 0 Å². The highest BCUT2D eigenvalue weighted by Gasteiger charge is 2.29. The van der Waals surface area contributed by atoms with E-state index in [4.69, 9.17) is 0 Å². The first-order chi connectivity index (χ1) is 12.0. The normalized spacial score (nSPS) is 15.4. The summed E-state index contributed by atoms with van der Waals surface area (Å²) in [4.78, 5) is 23.8. The van der Waals surface area contributed by atoms with Gasteiger partial charge >= 0.3 is 0 Å². The summed E-state index contributed by atoms with van der Waals surface area (Å²) in [6, 6.07) is 14.7. The number of sulfonamides is 1. The Hall–Kier alpha value is -2.71. The van der Waals surface area contributed by atoms with Crippen molar-refractivity contribution >= 4 is 27.5 Å². The minimum atomic E-state index is -3.83. The lowest BCUT2D eigenvalue weighted by Gasteiger charge is -2.26. The maximum absolute atomic E-state index is 12.7. The van der Waals surface area contributed by atoms with Crippen molar-refractivity contribution < 1.29 is 18.0 Å². The summed E-state index contributed by atoms with van der Waals surface area (Å²) in [5.41, 5.74) is 0.847. The molecular weight excluding hydrogens is 342 g/mol. The number of anilines is 1. The van der Waals surface area contributed by atoms with Gasteiger partial charge in [-0.25, -0.2) is 8.42 Å². The van der Waals surface area contributed by atoms with Crippen LogP contribution in [-0.4, -0.2) is 44.2 Å². The summed E-state index contributed by atoms with van der Waals surface area (Å²) in [5.74, 6) is -0.743. The van der Waals surface area contributed by atoms with Gasteiger partial charge in [0, 0.05) is 24.3 Å². The topological polar surface area (TPSA) is 95.6 Å². The Morgan fingerprint density at radius 2 is 1.84 bits per heavy atom. The number of benzene rings is 2. The van der Waals surface area contributed by atoms with Crippen molar-refractivity contribution in [3.8, 4) is 0 Å². The van der Waals surface area contributed by atoms with E-state index in [9.17, 15) is 18.0 Å². The number of nitrogens with zero attached hydrogens (tertiary/aromatic N) is 1. The van der Waals surface area contributed by atoms with Gasteiger partial charge in [-0.05, 0) is 30.3 Å². The predicted octanol–water partition coefficient (Wildman–Crippen LogP) is 1.06. The third kappa shape index (κ3) is 3.86. The van der Waals surface area contributed by atoms with Crippen molar-refractivity contribution in [2.75, 3.05) is 25.0 Å². The maximum atomic E-state index is 12.7. The third-order valence-electron chi connectivity index (χ3n) is 3.77. The lowest BCUT2D eigenvalue weighted by Crippen LogP contribution is -2.49. The molecule has 130 valence electrons. The Labute approximate surface area is 145 Å². The van der Waals surface area contributed by atoms with Gasteiger partial charge in [0.2, 0.25) is 15.9 Å². The number of hydrogen-bond acceptors (Lipinski definition) is 4. The standard InChI is InChI=1S/C17H17N3O4S/c21-16-12-20(10-9-18-16)25(23,24)15-8-4-5-13(11-15)17(22)19-14-6-2-1-3-7-14/h1-8,11H,9-10,12H2,(H,18,21)(H,19,22). The molecule has 3 rings (SSSR count). The van der Waals surface area contributed by atoms with Crippen molar-refractivity contribution in [2.24, 2.45) is 0 Å². The maximum Gasteiger partial charge on any atom is 0.255 e. The molecule has 0 aromatic heterocycles. The Morgan fingerprint density at radius 3 is 2.56 bits per heavy atom. The summed E-state index contributed by atoms with van der Waals surface area (Å²) in [6.45, 7) is 0.254. The smallest absolute Gasteiger partial charge is 0.255 e. The van der Waals surface area contributed by atoms with Crippen LogP contribution in [0.3, 0.4) is 0 Å². The number of piperazine rings is 1. The Kier molecular flexibility index (Phi) is 4.82. The first-order valence-electron chi connectivity index (χ1n) is 7.70. The average Bonchev–Trinajstić information content (AvgIpc) is 2.62. The van der Waals surface area contributed by atoms with Gasteiger partial charge in [0.05, 0.1) is 11.4 Å². The fraction of sp³-hybridized carbons (Fsp3) is 0.176. The van der Waals surface area contributed by atoms with Crippen LogP contribution in [-0.2, 0) is 14.8 Å². The number of para-hydroxylation sites is 1. The first kappa shape index (κ1) is 17.1. The van der Waals surface area contributed by atoms with Crippen LogP contribution in [0.4, 0.5) is 5.69 Å². The molecule has 0 atom stereocenters. The molecule has 0 spiro atoms.